The van der Waals surface area contributed by atoms with Crippen LogP contribution in [-0.2, 0) is 0 Å². The minimum absolute atomic E-state index is 0.504. The molecule has 2 bridgehead atoms. The number of piperidine rings is 3. The highest BCUT2D eigenvalue weighted by atomic mass is 79.9. The molecule has 1 unspecified atom stereocenters. The van der Waals surface area contributed by atoms with E-state index in [9.17, 15) is 0 Å². The van der Waals surface area contributed by atoms with Gasteiger partial charge in [-0.3, -0.25) is 0 Å². The van der Waals surface area contributed by atoms with E-state index in [4.69, 9.17) is 0 Å². The molecule has 5 heterocycles. The van der Waals surface area contributed by atoms with E-state index in [0.717, 1.165) is 28.5 Å². The third-order valence-corrected chi connectivity index (χ3v) is 4.71. The Morgan fingerprint density at radius 2 is 2.16 bits per heavy atom. The molecule has 6 heteroatoms. The van der Waals surface area contributed by atoms with E-state index in [0.29, 0.717) is 6.04 Å². The standard InChI is InChI=1S/C13H16BrN5/c14-11-8-19-6-3-15-13(19)12(17-11)16-10-7-18-4-1-9(10)2-5-18/h3,6,8-10H,1-2,4-5,7H2,(H,16,17). The van der Waals surface area contributed by atoms with Gasteiger partial charge in [-0.05, 0) is 47.8 Å². The maximum Gasteiger partial charge on any atom is 0.180 e. The minimum atomic E-state index is 0.504. The molecule has 0 saturated carbocycles. The van der Waals surface area contributed by atoms with Crippen molar-refractivity contribution < 1.29 is 0 Å². The summed E-state index contributed by atoms with van der Waals surface area (Å²) < 4.78 is 2.84. The average molecular weight is 322 g/mol. The first-order valence-electron chi connectivity index (χ1n) is 6.78. The Balaban J connectivity index is 1.66. The van der Waals surface area contributed by atoms with Gasteiger partial charge in [0, 0.05) is 31.2 Å². The first-order valence-corrected chi connectivity index (χ1v) is 7.57. The van der Waals surface area contributed by atoms with Crippen LogP contribution < -0.4 is 5.32 Å². The van der Waals surface area contributed by atoms with Crippen LogP contribution in [0, 0.1) is 5.92 Å². The number of nitrogens with one attached hydrogen (secondary N) is 1. The topological polar surface area (TPSA) is 45.5 Å². The smallest absolute Gasteiger partial charge is 0.180 e. The quantitative estimate of drug-likeness (QED) is 0.919. The molecule has 3 fully saturated rings. The lowest BCUT2D eigenvalue weighted by Crippen LogP contribution is -2.53. The molecule has 2 aromatic heterocycles. The molecule has 3 aliphatic heterocycles. The molecule has 100 valence electrons. The number of nitrogens with zero attached hydrogens (tertiary/aromatic N) is 4. The van der Waals surface area contributed by atoms with Gasteiger partial charge in [0.15, 0.2) is 11.5 Å². The second kappa shape index (κ2) is 4.45. The molecule has 0 spiro atoms. The first kappa shape index (κ1) is 11.7. The van der Waals surface area contributed by atoms with Crippen molar-refractivity contribution in [3.05, 3.63) is 23.2 Å². The summed E-state index contributed by atoms with van der Waals surface area (Å²) in [6, 6.07) is 0.504. The molecule has 1 N–H and O–H groups in total. The van der Waals surface area contributed by atoms with E-state index in [-0.39, 0.29) is 0 Å². The number of halogens is 1. The summed E-state index contributed by atoms with van der Waals surface area (Å²) in [5.74, 6) is 1.67. The van der Waals surface area contributed by atoms with Gasteiger partial charge in [-0.15, -0.1) is 0 Å². The molecule has 0 aliphatic carbocycles. The van der Waals surface area contributed by atoms with E-state index in [2.05, 4.69) is 36.1 Å². The molecule has 0 radical (unpaired) electrons. The molecule has 5 rings (SSSR count). The number of aromatic nitrogens is 3. The normalized spacial score (nSPS) is 29.8. The Bertz CT molecular complexity index is 602. The molecular formula is C13H16BrN5. The van der Waals surface area contributed by atoms with Crippen molar-refractivity contribution in [3.8, 4) is 0 Å². The third kappa shape index (κ3) is 2.03. The number of imidazole rings is 1. The first-order chi connectivity index (χ1) is 9.29. The lowest BCUT2D eigenvalue weighted by molar-refractivity contribution is 0.0974. The van der Waals surface area contributed by atoms with Crippen LogP contribution in [0.4, 0.5) is 5.82 Å². The average Bonchev–Trinajstić information content (AvgIpc) is 2.88. The maximum atomic E-state index is 4.55. The SMILES string of the molecule is Brc1cn2ccnc2c(NC2CN3CCC2CC3)n1. The molecule has 0 amide bonds. The fourth-order valence-corrected chi connectivity index (χ4v) is 3.70. The fraction of sp³-hybridized carbons (Fsp3) is 0.538. The van der Waals surface area contributed by atoms with Crippen molar-refractivity contribution in [1.29, 1.82) is 0 Å². The van der Waals surface area contributed by atoms with Gasteiger partial charge in [0.1, 0.15) is 4.60 Å². The minimum Gasteiger partial charge on any atom is -0.363 e. The van der Waals surface area contributed by atoms with E-state index >= 15 is 0 Å². The van der Waals surface area contributed by atoms with Gasteiger partial charge in [0.25, 0.3) is 0 Å². The van der Waals surface area contributed by atoms with Crippen LogP contribution in [-0.4, -0.2) is 44.9 Å². The zero-order valence-electron chi connectivity index (χ0n) is 10.6. The Morgan fingerprint density at radius 1 is 1.32 bits per heavy atom. The molecule has 2 aromatic rings. The van der Waals surface area contributed by atoms with E-state index in [1.165, 1.54) is 25.9 Å². The number of rotatable bonds is 2. The molecule has 1 atom stereocenters. The molecule has 0 aromatic carbocycles. The highest BCUT2D eigenvalue weighted by Gasteiger charge is 2.34. The van der Waals surface area contributed by atoms with Gasteiger partial charge in [0.05, 0.1) is 0 Å². The van der Waals surface area contributed by atoms with Gasteiger partial charge in [-0.1, -0.05) is 0 Å². The summed E-state index contributed by atoms with van der Waals surface area (Å²) in [5.41, 5.74) is 0.902. The van der Waals surface area contributed by atoms with E-state index in [1.807, 2.05) is 23.0 Å². The van der Waals surface area contributed by atoms with Crippen LogP contribution in [0.2, 0.25) is 0 Å². The molecular weight excluding hydrogens is 306 g/mol. The summed E-state index contributed by atoms with van der Waals surface area (Å²) in [5, 5.41) is 3.62. The number of hydrogen-bond acceptors (Lipinski definition) is 4. The Hall–Kier alpha value is -1.14. The van der Waals surface area contributed by atoms with Crippen LogP contribution in [0.3, 0.4) is 0 Å². The highest BCUT2D eigenvalue weighted by Crippen LogP contribution is 2.30. The molecule has 3 aliphatic rings. The second-order valence-electron chi connectivity index (χ2n) is 5.46. The van der Waals surface area contributed by atoms with E-state index < -0.39 is 0 Å². The van der Waals surface area contributed by atoms with Crippen LogP contribution in [0.25, 0.3) is 5.65 Å². The Kier molecular flexibility index (Phi) is 2.73. The summed E-state index contributed by atoms with van der Waals surface area (Å²) in [6.07, 6.45) is 8.30. The summed E-state index contributed by atoms with van der Waals surface area (Å²) in [4.78, 5) is 11.5. The van der Waals surface area contributed by atoms with Crippen LogP contribution in [0.15, 0.2) is 23.2 Å². The predicted molar refractivity (Wildman–Crippen MR) is 77.3 cm³/mol. The summed E-state index contributed by atoms with van der Waals surface area (Å²) in [7, 11) is 0. The summed E-state index contributed by atoms with van der Waals surface area (Å²) in [6.45, 7) is 3.65. The van der Waals surface area contributed by atoms with Crippen LogP contribution >= 0.6 is 15.9 Å². The number of fused-ring (bicyclic) bond motifs is 4. The van der Waals surface area contributed by atoms with Gasteiger partial charge >= 0.3 is 0 Å². The number of hydrogen-bond donors (Lipinski definition) is 1. The largest absolute Gasteiger partial charge is 0.363 e. The van der Waals surface area contributed by atoms with Crippen molar-refractivity contribution in [2.75, 3.05) is 25.0 Å². The van der Waals surface area contributed by atoms with Gasteiger partial charge in [-0.2, -0.15) is 0 Å². The second-order valence-corrected chi connectivity index (χ2v) is 6.27. The zero-order chi connectivity index (χ0) is 12.8. The molecule has 19 heavy (non-hydrogen) atoms. The third-order valence-electron chi connectivity index (χ3n) is 4.32. The highest BCUT2D eigenvalue weighted by molar-refractivity contribution is 9.10. The van der Waals surface area contributed by atoms with Crippen molar-refractivity contribution in [3.63, 3.8) is 0 Å². The van der Waals surface area contributed by atoms with Gasteiger partial charge in [-0.25, -0.2) is 9.97 Å². The predicted octanol–water partition coefficient (Wildman–Crippen LogP) is 2.00. The van der Waals surface area contributed by atoms with Crippen LogP contribution in [0.5, 0.6) is 0 Å². The fourth-order valence-electron chi connectivity index (χ4n) is 3.30. The van der Waals surface area contributed by atoms with Crippen molar-refractivity contribution in [2.45, 2.75) is 18.9 Å². The zero-order valence-corrected chi connectivity index (χ0v) is 12.2. The lowest BCUT2D eigenvalue weighted by atomic mass is 9.84. The van der Waals surface area contributed by atoms with Crippen LogP contribution in [0.1, 0.15) is 12.8 Å². The van der Waals surface area contributed by atoms with Gasteiger partial charge < -0.3 is 14.6 Å². The van der Waals surface area contributed by atoms with Crippen molar-refractivity contribution in [1.82, 2.24) is 19.3 Å². The van der Waals surface area contributed by atoms with Crippen molar-refractivity contribution in [2.24, 2.45) is 5.92 Å². The Labute approximate surface area is 120 Å². The van der Waals surface area contributed by atoms with Gasteiger partial charge in [0.2, 0.25) is 0 Å². The van der Waals surface area contributed by atoms with E-state index in [1.54, 1.807) is 0 Å². The number of anilines is 1. The monoisotopic (exact) mass is 321 g/mol. The molecule has 3 saturated heterocycles. The molecule has 5 nitrogen and oxygen atoms in total. The summed E-state index contributed by atoms with van der Waals surface area (Å²) >= 11 is 3.46. The Morgan fingerprint density at radius 3 is 2.89 bits per heavy atom. The lowest BCUT2D eigenvalue weighted by Gasteiger charge is -2.45. The van der Waals surface area contributed by atoms with Crippen molar-refractivity contribution >= 4 is 27.4 Å². The maximum absolute atomic E-state index is 4.55.